The Morgan fingerprint density at radius 3 is 2.75 bits per heavy atom. The lowest BCUT2D eigenvalue weighted by Gasteiger charge is -2.36. The van der Waals surface area contributed by atoms with Crippen molar-refractivity contribution in [2.45, 2.75) is 25.8 Å². The molecule has 1 aromatic carbocycles. The van der Waals surface area contributed by atoms with Crippen LogP contribution in [0.15, 0.2) is 24.3 Å². The van der Waals surface area contributed by atoms with E-state index in [0.29, 0.717) is 13.0 Å². The fourth-order valence-corrected chi connectivity index (χ4v) is 4.19. The minimum atomic E-state index is -2.96. The fourth-order valence-electron chi connectivity index (χ4n) is 2.85. The van der Waals surface area contributed by atoms with Gasteiger partial charge < -0.3 is 5.11 Å². The summed E-state index contributed by atoms with van der Waals surface area (Å²) in [6, 6.07) is 8.02. The van der Waals surface area contributed by atoms with Crippen molar-refractivity contribution in [1.82, 2.24) is 4.90 Å². The normalized spacial score (nSPS) is 19.8. The van der Waals surface area contributed by atoms with Gasteiger partial charge in [-0.1, -0.05) is 31.2 Å². The first-order valence-electron chi connectivity index (χ1n) is 7.20. The molecule has 0 radical (unpaired) electrons. The maximum atomic E-state index is 11.8. The van der Waals surface area contributed by atoms with Crippen LogP contribution in [0, 0.1) is 0 Å². The van der Waals surface area contributed by atoms with Gasteiger partial charge in [-0.25, -0.2) is 8.42 Å². The molecule has 5 heteroatoms. The third-order valence-electron chi connectivity index (χ3n) is 3.90. The van der Waals surface area contributed by atoms with Crippen LogP contribution in [-0.2, 0) is 16.3 Å². The zero-order valence-electron chi connectivity index (χ0n) is 12.0. The van der Waals surface area contributed by atoms with Crippen LogP contribution in [0.5, 0.6) is 0 Å². The van der Waals surface area contributed by atoms with Crippen LogP contribution in [0.4, 0.5) is 0 Å². The number of hydrogen-bond acceptors (Lipinski definition) is 4. The first-order chi connectivity index (χ1) is 9.57. The molecule has 0 bridgehead atoms. The van der Waals surface area contributed by atoms with Crippen LogP contribution < -0.4 is 0 Å². The Balaban J connectivity index is 2.07. The Hall–Kier alpha value is -0.910. The van der Waals surface area contributed by atoms with Crippen molar-refractivity contribution >= 4 is 9.84 Å². The molecule has 1 aliphatic rings. The van der Waals surface area contributed by atoms with Crippen molar-refractivity contribution in [3.05, 3.63) is 35.4 Å². The van der Waals surface area contributed by atoms with Gasteiger partial charge >= 0.3 is 0 Å². The summed E-state index contributed by atoms with van der Waals surface area (Å²) in [4.78, 5) is 2.09. The first-order valence-corrected chi connectivity index (χ1v) is 9.02. The second kappa shape index (κ2) is 6.70. The van der Waals surface area contributed by atoms with Gasteiger partial charge in [-0.05, 0) is 24.0 Å². The monoisotopic (exact) mass is 297 g/mol. The second-order valence-corrected chi connectivity index (χ2v) is 7.64. The highest BCUT2D eigenvalue weighted by molar-refractivity contribution is 7.91. The van der Waals surface area contributed by atoms with E-state index in [1.807, 2.05) is 25.1 Å². The molecule has 112 valence electrons. The highest BCUT2D eigenvalue weighted by Crippen LogP contribution is 2.28. The molecule has 1 N–H and O–H groups in total. The highest BCUT2D eigenvalue weighted by atomic mass is 32.2. The Bertz CT molecular complexity index is 542. The van der Waals surface area contributed by atoms with Crippen LogP contribution in [-0.4, -0.2) is 49.6 Å². The molecule has 0 saturated carbocycles. The largest absolute Gasteiger partial charge is 0.394 e. The van der Waals surface area contributed by atoms with E-state index >= 15 is 0 Å². The maximum absolute atomic E-state index is 11.8. The lowest BCUT2D eigenvalue weighted by molar-refractivity contribution is 0.120. The van der Waals surface area contributed by atoms with Gasteiger partial charge in [0.15, 0.2) is 9.84 Å². The van der Waals surface area contributed by atoms with Gasteiger partial charge in [0.25, 0.3) is 0 Å². The summed E-state index contributed by atoms with van der Waals surface area (Å²) in [5.41, 5.74) is 2.40. The number of hydrogen-bond donors (Lipinski definition) is 1. The molecule has 2 rings (SSSR count). The molecule has 4 nitrogen and oxygen atoms in total. The number of rotatable bonds is 6. The molecule has 1 heterocycles. The number of aliphatic hydroxyl groups is 1. The van der Waals surface area contributed by atoms with Crippen molar-refractivity contribution < 1.29 is 13.5 Å². The summed E-state index contributed by atoms with van der Waals surface area (Å²) in [6.45, 7) is 3.22. The smallest absolute Gasteiger partial charge is 0.151 e. The third-order valence-corrected chi connectivity index (χ3v) is 5.74. The van der Waals surface area contributed by atoms with E-state index < -0.39 is 9.84 Å². The Kier molecular flexibility index (Phi) is 5.18. The minimum Gasteiger partial charge on any atom is -0.394 e. The molecule has 0 saturated heterocycles. The minimum absolute atomic E-state index is 0.0326. The van der Waals surface area contributed by atoms with E-state index in [9.17, 15) is 13.5 Å². The van der Waals surface area contributed by atoms with Gasteiger partial charge in [0.1, 0.15) is 0 Å². The second-order valence-electron chi connectivity index (χ2n) is 5.33. The molecule has 1 unspecified atom stereocenters. The number of benzene rings is 1. The summed E-state index contributed by atoms with van der Waals surface area (Å²) >= 11 is 0. The van der Waals surface area contributed by atoms with Gasteiger partial charge in [0, 0.05) is 18.8 Å². The molecule has 0 aromatic heterocycles. The van der Waals surface area contributed by atoms with E-state index in [-0.39, 0.29) is 24.2 Å². The summed E-state index contributed by atoms with van der Waals surface area (Å²) in [5.74, 6) is 0.431. The van der Waals surface area contributed by atoms with Crippen molar-refractivity contribution in [1.29, 1.82) is 0 Å². The Labute approximate surface area is 121 Å². The molecule has 1 aromatic rings. The zero-order chi connectivity index (χ0) is 14.6. The number of fused-ring (bicyclic) bond motifs is 1. The maximum Gasteiger partial charge on any atom is 0.151 e. The lowest BCUT2D eigenvalue weighted by Crippen LogP contribution is -2.40. The predicted molar refractivity (Wildman–Crippen MR) is 80.5 cm³/mol. The molecule has 1 aliphatic heterocycles. The predicted octanol–water partition coefficient (Wildman–Crippen LogP) is 1.40. The lowest BCUT2D eigenvalue weighted by atomic mass is 9.93. The van der Waals surface area contributed by atoms with Gasteiger partial charge in [0.05, 0.1) is 18.4 Å². The van der Waals surface area contributed by atoms with E-state index in [4.69, 9.17) is 0 Å². The Morgan fingerprint density at radius 2 is 2.05 bits per heavy atom. The van der Waals surface area contributed by atoms with Crippen LogP contribution in [0.2, 0.25) is 0 Å². The van der Waals surface area contributed by atoms with Gasteiger partial charge in [0.2, 0.25) is 0 Å². The van der Waals surface area contributed by atoms with E-state index in [1.165, 1.54) is 5.56 Å². The third kappa shape index (κ3) is 3.59. The van der Waals surface area contributed by atoms with E-state index in [1.54, 1.807) is 0 Å². The zero-order valence-corrected chi connectivity index (χ0v) is 12.8. The van der Waals surface area contributed by atoms with Crippen molar-refractivity contribution in [3.8, 4) is 0 Å². The topological polar surface area (TPSA) is 57.6 Å². The van der Waals surface area contributed by atoms with Gasteiger partial charge in [-0.3, -0.25) is 4.90 Å². The summed E-state index contributed by atoms with van der Waals surface area (Å²) in [5, 5.41) is 9.65. The first kappa shape index (κ1) is 15.5. The van der Waals surface area contributed by atoms with Crippen LogP contribution in [0.1, 0.15) is 30.5 Å². The Morgan fingerprint density at radius 1 is 1.30 bits per heavy atom. The summed E-state index contributed by atoms with van der Waals surface area (Å²) in [7, 11) is -2.96. The molecule has 0 aliphatic carbocycles. The summed E-state index contributed by atoms with van der Waals surface area (Å²) in [6.07, 6.45) is 1.58. The van der Waals surface area contributed by atoms with E-state index in [0.717, 1.165) is 18.5 Å². The van der Waals surface area contributed by atoms with Crippen LogP contribution in [0.3, 0.4) is 0 Å². The quantitative estimate of drug-likeness (QED) is 0.862. The van der Waals surface area contributed by atoms with Crippen LogP contribution >= 0.6 is 0 Å². The molecule has 0 spiro atoms. The number of aliphatic hydroxyl groups excluding tert-OH is 1. The van der Waals surface area contributed by atoms with Gasteiger partial charge in [-0.2, -0.15) is 0 Å². The van der Waals surface area contributed by atoms with Gasteiger partial charge in [-0.15, -0.1) is 0 Å². The average Bonchev–Trinajstić information content (AvgIpc) is 2.44. The van der Waals surface area contributed by atoms with Crippen molar-refractivity contribution in [2.75, 3.05) is 31.2 Å². The molecular weight excluding hydrogens is 274 g/mol. The molecule has 1 atom stereocenters. The van der Waals surface area contributed by atoms with Crippen molar-refractivity contribution in [2.24, 2.45) is 0 Å². The number of sulfone groups is 1. The van der Waals surface area contributed by atoms with Crippen LogP contribution in [0.25, 0.3) is 0 Å². The molecule has 0 fully saturated rings. The molecule has 20 heavy (non-hydrogen) atoms. The summed E-state index contributed by atoms with van der Waals surface area (Å²) < 4.78 is 23.6. The fraction of sp³-hybridized carbons (Fsp3) is 0.600. The van der Waals surface area contributed by atoms with E-state index in [2.05, 4.69) is 11.0 Å². The number of nitrogens with zero attached hydrogens (tertiary/aromatic N) is 1. The standard InChI is InChI=1S/C15H23NO3S/c1-2-10-20(18,19)11-9-16-8-7-13-5-3-4-6-14(13)15(16)12-17/h3-6,15,17H,2,7-12H2,1H3. The van der Waals surface area contributed by atoms with Crippen molar-refractivity contribution in [3.63, 3.8) is 0 Å². The SMILES string of the molecule is CCCS(=O)(=O)CCN1CCc2ccccc2C1CO. The average molecular weight is 297 g/mol. The molecular formula is C15H23NO3S. The highest BCUT2D eigenvalue weighted by Gasteiger charge is 2.27. The molecule has 0 amide bonds.